The highest BCUT2D eigenvalue weighted by atomic mass is 16.3. The molecule has 0 bridgehead atoms. The highest BCUT2D eigenvalue weighted by Gasteiger charge is 2.39. The Hall–Kier alpha value is -2.94. The zero-order chi connectivity index (χ0) is 19.7. The molecule has 3 heterocycles. The van der Waals surface area contributed by atoms with Crippen LogP contribution in [0.15, 0.2) is 30.6 Å². The van der Waals surface area contributed by atoms with Crippen molar-refractivity contribution in [3.05, 3.63) is 36.2 Å². The first kappa shape index (κ1) is 18.4. The molecule has 2 aromatic heterocycles. The second-order valence-corrected chi connectivity index (χ2v) is 7.36. The second-order valence-electron chi connectivity index (χ2n) is 7.36. The Bertz CT molecular complexity index is 911. The molecule has 1 saturated heterocycles. The van der Waals surface area contributed by atoms with Crippen LogP contribution in [0, 0.1) is 5.92 Å². The van der Waals surface area contributed by atoms with Gasteiger partial charge >= 0.3 is 0 Å². The van der Waals surface area contributed by atoms with Crippen molar-refractivity contribution in [2.45, 2.75) is 31.4 Å². The van der Waals surface area contributed by atoms with Crippen LogP contribution in [0.5, 0.6) is 0 Å². The Morgan fingerprint density at radius 1 is 1.25 bits per heavy atom. The molecule has 1 aliphatic carbocycles. The molecule has 2 aromatic rings. The maximum absolute atomic E-state index is 12.8. The van der Waals surface area contributed by atoms with E-state index in [2.05, 4.69) is 15.7 Å². The average molecular weight is 385 g/mol. The molecule has 2 fully saturated rings. The van der Waals surface area contributed by atoms with E-state index in [4.69, 9.17) is 0 Å². The number of nitrogens with one attached hydrogen (secondary N) is 2. The van der Waals surface area contributed by atoms with Gasteiger partial charge in [0.1, 0.15) is 0 Å². The van der Waals surface area contributed by atoms with Crippen LogP contribution in [0.1, 0.15) is 29.6 Å². The molecule has 3 N–H and O–H groups in total. The molecule has 4 rings (SSSR count). The van der Waals surface area contributed by atoms with E-state index in [1.165, 1.54) is 0 Å². The largest absolute Gasteiger partial charge is 0.391 e. The molecule has 9 heteroatoms. The highest BCUT2D eigenvalue weighted by Crippen LogP contribution is 2.28. The third-order valence-electron chi connectivity index (χ3n) is 5.48. The lowest BCUT2D eigenvalue weighted by Gasteiger charge is -2.23. The van der Waals surface area contributed by atoms with Gasteiger partial charge in [0.05, 0.1) is 17.7 Å². The smallest absolute Gasteiger partial charge is 0.251 e. The van der Waals surface area contributed by atoms with E-state index in [0.29, 0.717) is 38.0 Å². The normalized spacial score (nSPS) is 25.4. The van der Waals surface area contributed by atoms with Gasteiger partial charge in [0, 0.05) is 49.9 Å². The molecule has 1 saturated carbocycles. The fourth-order valence-electron chi connectivity index (χ4n) is 3.93. The van der Waals surface area contributed by atoms with Gasteiger partial charge in [-0.3, -0.25) is 14.4 Å². The maximum atomic E-state index is 12.8. The standard InChI is InChI=1S/C19H23N5O4/c25-16-11-13(19(28)23-6-3-17(26)20-5-8-23)10-15(16)22-18(27)12-2-7-24-14(9-12)1-4-21-24/h1-2,4,7,9,13,15-16,25H,3,5-6,8,10-11H2,(H,20,26)(H,22,27)/t13-,15+,16+/m0/s1. The summed E-state index contributed by atoms with van der Waals surface area (Å²) in [4.78, 5) is 38.5. The summed E-state index contributed by atoms with van der Waals surface area (Å²) in [5.41, 5.74) is 1.28. The summed E-state index contributed by atoms with van der Waals surface area (Å²) in [5.74, 6) is -0.758. The third-order valence-corrected chi connectivity index (χ3v) is 5.48. The van der Waals surface area contributed by atoms with Gasteiger partial charge in [-0.15, -0.1) is 0 Å². The molecule has 28 heavy (non-hydrogen) atoms. The summed E-state index contributed by atoms with van der Waals surface area (Å²) in [7, 11) is 0. The van der Waals surface area contributed by atoms with E-state index in [9.17, 15) is 19.5 Å². The number of hydrogen-bond donors (Lipinski definition) is 3. The van der Waals surface area contributed by atoms with Gasteiger partial charge in [-0.2, -0.15) is 5.10 Å². The van der Waals surface area contributed by atoms with Crippen LogP contribution in [0.25, 0.3) is 5.52 Å². The van der Waals surface area contributed by atoms with Gasteiger partial charge in [0.2, 0.25) is 11.8 Å². The number of hydrogen-bond acceptors (Lipinski definition) is 5. The molecule has 0 aromatic carbocycles. The number of carbonyl (C=O) groups excluding carboxylic acids is 3. The zero-order valence-electron chi connectivity index (χ0n) is 15.4. The van der Waals surface area contributed by atoms with Gasteiger partial charge in [0.25, 0.3) is 5.91 Å². The Morgan fingerprint density at radius 3 is 2.96 bits per heavy atom. The first-order valence-corrected chi connectivity index (χ1v) is 9.49. The van der Waals surface area contributed by atoms with Gasteiger partial charge in [-0.25, -0.2) is 4.52 Å². The van der Waals surface area contributed by atoms with Crippen molar-refractivity contribution in [2.75, 3.05) is 19.6 Å². The lowest BCUT2D eigenvalue weighted by Crippen LogP contribution is -2.40. The SMILES string of the molecule is O=C1CCN(C(=O)[C@@H]2C[C@@H](O)[C@H](NC(=O)c3ccn4nccc4c3)C2)CCN1. The van der Waals surface area contributed by atoms with Crippen molar-refractivity contribution in [1.82, 2.24) is 25.1 Å². The topological polar surface area (TPSA) is 116 Å². The fraction of sp³-hybridized carbons (Fsp3) is 0.474. The van der Waals surface area contributed by atoms with E-state index in [-0.39, 0.29) is 30.1 Å². The maximum Gasteiger partial charge on any atom is 0.251 e. The summed E-state index contributed by atoms with van der Waals surface area (Å²) in [6, 6.07) is 4.72. The zero-order valence-corrected chi connectivity index (χ0v) is 15.4. The summed E-state index contributed by atoms with van der Waals surface area (Å²) in [5, 5.41) is 20.1. The number of pyridine rings is 1. The number of fused-ring (bicyclic) bond motifs is 1. The Morgan fingerprint density at radius 2 is 2.11 bits per heavy atom. The van der Waals surface area contributed by atoms with Crippen molar-refractivity contribution in [3.63, 3.8) is 0 Å². The molecule has 9 nitrogen and oxygen atoms in total. The predicted octanol–water partition coefficient (Wildman–Crippen LogP) is -0.448. The van der Waals surface area contributed by atoms with Crippen molar-refractivity contribution in [3.8, 4) is 0 Å². The molecule has 1 aliphatic heterocycles. The van der Waals surface area contributed by atoms with Crippen LogP contribution in [0.3, 0.4) is 0 Å². The Kier molecular flexibility index (Phi) is 4.99. The van der Waals surface area contributed by atoms with E-state index < -0.39 is 12.1 Å². The second kappa shape index (κ2) is 7.59. The summed E-state index contributed by atoms with van der Waals surface area (Å²) < 4.78 is 1.66. The van der Waals surface area contributed by atoms with Crippen molar-refractivity contribution < 1.29 is 19.5 Å². The number of amides is 3. The lowest BCUT2D eigenvalue weighted by atomic mass is 10.1. The minimum atomic E-state index is -0.775. The quantitative estimate of drug-likeness (QED) is 0.662. The summed E-state index contributed by atoms with van der Waals surface area (Å²) in [6.07, 6.45) is 3.57. The van der Waals surface area contributed by atoms with Crippen LogP contribution in [0.4, 0.5) is 0 Å². The molecule has 3 atom stereocenters. The van der Waals surface area contributed by atoms with Crippen LogP contribution < -0.4 is 10.6 Å². The fourth-order valence-corrected chi connectivity index (χ4v) is 3.93. The molecule has 0 spiro atoms. The number of aliphatic hydroxyl groups is 1. The molecular formula is C19H23N5O4. The summed E-state index contributed by atoms with van der Waals surface area (Å²) in [6.45, 7) is 1.30. The number of nitrogens with zero attached hydrogens (tertiary/aromatic N) is 3. The minimum Gasteiger partial charge on any atom is -0.391 e. The molecular weight excluding hydrogens is 362 g/mol. The van der Waals surface area contributed by atoms with Crippen molar-refractivity contribution in [2.24, 2.45) is 5.92 Å². The predicted molar refractivity (Wildman–Crippen MR) is 99.4 cm³/mol. The van der Waals surface area contributed by atoms with Gasteiger partial charge in [-0.1, -0.05) is 0 Å². The van der Waals surface area contributed by atoms with Crippen LogP contribution >= 0.6 is 0 Å². The van der Waals surface area contributed by atoms with E-state index >= 15 is 0 Å². The molecule has 0 radical (unpaired) electrons. The van der Waals surface area contributed by atoms with Crippen molar-refractivity contribution in [1.29, 1.82) is 0 Å². The first-order chi connectivity index (χ1) is 13.5. The highest BCUT2D eigenvalue weighted by molar-refractivity contribution is 5.95. The Labute approximate surface area is 161 Å². The van der Waals surface area contributed by atoms with Gasteiger partial charge < -0.3 is 20.6 Å². The molecule has 148 valence electrons. The van der Waals surface area contributed by atoms with Crippen molar-refractivity contribution >= 4 is 23.2 Å². The first-order valence-electron chi connectivity index (χ1n) is 9.49. The number of rotatable bonds is 3. The van der Waals surface area contributed by atoms with Gasteiger partial charge in [-0.05, 0) is 31.0 Å². The van der Waals surface area contributed by atoms with E-state index in [1.807, 2.05) is 0 Å². The molecule has 2 aliphatic rings. The van der Waals surface area contributed by atoms with E-state index in [0.717, 1.165) is 5.52 Å². The number of carbonyl (C=O) groups is 3. The molecule has 0 unspecified atom stereocenters. The van der Waals surface area contributed by atoms with Gasteiger partial charge in [0.15, 0.2) is 0 Å². The molecule has 3 amide bonds. The van der Waals surface area contributed by atoms with E-state index in [1.54, 1.807) is 40.0 Å². The third kappa shape index (κ3) is 3.70. The van der Waals surface area contributed by atoms with Crippen LogP contribution in [-0.2, 0) is 9.59 Å². The average Bonchev–Trinajstić information content (AvgIpc) is 3.23. The van der Waals surface area contributed by atoms with Crippen LogP contribution in [0.2, 0.25) is 0 Å². The Balaban J connectivity index is 1.38. The number of aromatic nitrogens is 2. The monoisotopic (exact) mass is 385 g/mol. The number of aliphatic hydroxyl groups excluding tert-OH is 1. The minimum absolute atomic E-state index is 0.0537. The lowest BCUT2D eigenvalue weighted by molar-refractivity contribution is -0.135. The van der Waals surface area contributed by atoms with Crippen LogP contribution in [-0.4, -0.2) is 69.1 Å². The summed E-state index contributed by atoms with van der Waals surface area (Å²) >= 11 is 0.